The Balaban J connectivity index is 2.10. The highest BCUT2D eigenvalue weighted by atomic mass is 14.8. The Morgan fingerprint density at radius 3 is 2.47 bits per heavy atom. The molecule has 0 atom stereocenters. The zero-order valence-electron chi connectivity index (χ0n) is 9.51. The highest BCUT2D eigenvalue weighted by Crippen LogP contribution is 2.23. The first-order chi connectivity index (χ1) is 8.43. The molecule has 82 valence electrons. The van der Waals surface area contributed by atoms with Crippen LogP contribution in [0.3, 0.4) is 0 Å². The van der Waals surface area contributed by atoms with E-state index >= 15 is 0 Å². The van der Waals surface area contributed by atoms with Crippen LogP contribution in [0.2, 0.25) is 0 Å². The highest BCUT2D eigenvalue weighted by molar-refractivity contribution is 6.10. The normalized spacial score (nSPS) is 13.8. The van der Waals surface area contributed by atoms with Gasteiger partial charge in [-0.05, 0) is 24.1 Å². The van der Waals surface area contributed by atoms with E-state index in [2.05, 4.69) is 42.5 Å². The Kier molecular flexibility index (Phi) is 2.59. The molecule has 1 aliphatic heterocycles. The standard InChI is InChI=1S/C16H13N/c1-2-7-13(8-3-1)16-12-6-10-14-9-4-5-11-15(14)17-16/h1-9,11-12H,10H2. The number of rotatable bonds is 1. The van der Waals surface area contributed by atoms with Crippen LogP contribution in [0.5, 0.6) is 0 Å². The van der Waals surface area contributed by atoms with Crippen molar-refractivity contribution in [2.24, 2.45) is 4.99 Å². The van der Waals surface area contributed by atoms with Crippen LogP contribution >= 0.6 is 0 Å². The second-order valence-electron chi connectivity index (χ2n) is 4.10. The van der Waals surface area contributed by atoms with E-state index in [0.717, 1.165) is 17.8 Å². The number of para-hydroxylation sites is 1. The predicted molar refractivity (Wildman–Crippen MR) is 71.9 cm³/mol. The first-order valence-electron chi connectivity index (χ1n) is 5.82. The molecule has 0 N–H and O–H groups in total. The fourth-order valence-corrected chi connectivity index (χ4v) is 2.03. The molecule has 2 aromatic rings. The van der Waals surface area contributed by atoms with Crippen molar-refractivity contribution in [2.45, 2.75) is 6.42 Å². The van der Waals surface area contributed by atoms with Gasteiger partial charge >= 0.3 is 0 Å². The molecule has 1 nitrogen and oxygen atoms in total. The van der Waals surface area contributed by atoms with Gasteiger partial charge in [0.05, 0.1) is 11.4 Å². The first kappa shape index (κ1) is 10.0. The fourth-order valence-electron chi connectivity index (χ4n) is 2.03. The predicted octanol–water partition coefficient (Wildman–Crippen LogP) is 3.92. The van der Waals surface area contributed by atoms with Gasteiger partial charge in [-0.3, -0.25) is 0 Å². The lowest BCUT2D eigenvalue weighted by molar-refractivity contribution is 1.27. The number of benzene rings is 2. The van der Waals surface area contributed by atoms with Gasteiger partial charge in [-0.1, -0.05) is 54.6 Å². The highest BCUT2D eigenvalue weighted by Gasteiger charge is 2.06. The van der Waals surface area contributed by atoms with E-state index in [1.165, 1.54) is 11.1 Å². The Labute approximate surface area is 101 Å². The molecule has 1 heterocycles. The van der Waals surface area contributed by atoms with Crippen LogP contribution in [-0.2, 0) is 6.42 Å². The SMILES string of the molecule is C1=CC(c2ccccc2)=Nc2ccccc2C1. The molecule has 0 bridgehead atoms. The lowest BCUT2D eigenvalue weighted by Gasteiger charge is -2.02. The van der Waals surface area contributed by atoms with Crippen molar-refractivity contribution in [1.29, 1.82) is 0 Å². The average molecular weight is 219 g/mol. The number of aliphatic imine (C=N–C) groups is 1. The number of hydrogen-bond donors (Lipinski definition) is 0. The smallest absolute Gasteiger partial charge is 0.0706 e. The maximum absolute atomic E-state index is 4.74. The van der Waals surface area contributed by atoms with E-state index < -0.39 is 0 Å². The van der Waals surface area contributed by atoms with Crippen LogP contribution < -0.4 is 0 Å². The lowest BCUT2D eigenvalue weighted by atomic mass is 10.1. The van der Waals surface area contributed by atoms with E-state index in [9.17, 15) is 0 Å². The molecule has 0 saturated heterocycles. The summed E-state index contributed by atoms with van der Waals surface area (Å²) >= 11 is 0. The van der Waals surface area contributed by atoms with Gasteiger partial charge in [-0.2, -0.15) is 0 Å². The molecule has 1 heteroatoms. The third-order valence-corrected chi connectivity index (χ3v) is 2.92. The van der Waals surface area contributed by atoms with Crippen molar-refractivity contribution in [2.75, 3.05) is 0 Å². The molecule has 0 fully saturated rings. The molecule has 2 aromatic carbocycles. The van der Waals surface area contributed by atoms with Crippen LogP contribution in [0.15, 0.2) is 71.7 Å². The molecule has 0 spiro atoms. The van der Waals surface area contributed by atoms with Gasteiger partial charge in [0.25, 0.3) is 0 Å². The van der Waals surface area contributed by atoms with E-state index in [4.69, 9.17) is 4.99 Å². The Morgan fingerprint density at radius 1 is 0.824 bits per heavy atom. The minimum atomic E-state index is 0.954. The number of hydrogen-bond acceptors (Lipinski definition) is 1. The first-order valence-corrected chi connectivity index (χ1v) is 5.82. The van der Waals surface area contributed by atoms with Gasteiger partial charge in [0, 0.05) is 5.56 Å². The molecule has 17 heavy (non-hydrogen) atoms. The van der Waals surface area contributed by atoms with Gasteiger partial charge in [0.2, 0.25) is 0 Å². The summed E-state index contributed by atoms with van der Waals surface area (Å²) in [6.07, 6.45) is 5.24. The van der Waals surface area contributed by atoms with E-state index in [-0.39, 0.29) is 0 Å². The summed E-state index contributed by atoms with van der Waals surface area (Å²) in [5, 5.41) is 0. The van der Waals surface area contributed by atoms with Crippen LogP contribution in [0.4, 0.5) is 5.69 Å². The molecule has 0 aromatic heterocycles. The second-order valence-corrected chi connectivity index (χ2v) is 4.10. The number of nitrogens with zero attached hydrogens (tertiary/aromatic N) is 1. The zero-order chi connectivity index (χ0) is 11.5. The molecule has 3 rings (SSSR count). The van der Waals surface area contributed by atoms with Crippen molar-refractivity contribution in [3.8, 4) is 0 Å². The molecular formula is C16H13N. The van der Waals surface area contributed by atoms with Crippen molar-refractivity contribution >= 4 is 11.4 Å². The third kappa shape index (κ3) is 2.04. The second kappa shape index (κ2) is 4.38. The van der Waals surface area contributed by atoms with Crippen molar-refractivity contribution < 1.29 is 0 Å². The molecule has 0 aliphatic carbocycles. The van der Waals surface area contributed by atoms with Crippen molar-refractivity contribution in [3.05, 3.63) is 77.9 Å². The van der Waals surface area contributed by atoms with Gasteiger partial charge in [0.1, 0.15) is 0 Å². The molecular weight excluding hydrogens is 206 g/mol. The number of fused-ring (bicyclic) bond motifs is 1. The van der Waals surface area contributed by atoms with Gasteiger partial charge in [-0.15, -0.1) is 0 Å². The van der Waals surface area contributed by atoms with Crippen LogP contribution in [0.1, 0.15) is 11.1 Å². The van der Waals surface area contributed by atoms with Crippen LogP contribution in [0.25, 0.3) is 0 Å². The average Bonchev–Trinajstić information content (AvgIpc) is 2.62. The summed E-state index contributed by atoms with van der Waals surface area (Å²) in [5.74, 6) is 0. The largest absolute Gasteiger partial charge is 0.248 e. The Bertz CT molecular complexity index is 579. The van der Waals surface area contributed by atoms with E-state index in [0.29, 0.717) is 0 Å². The monoisotopic (exact) mass is 219 g/mol. The summed E-state index contributed by atoms with van der Waals surface area (Å²) < 4.78 is 0. The summed E-state index contributed by atoms with van der Waals surface area (Å²) in [5.41, 5.74) is 4.57. The fraction of sp³-hybridized carbons (Fsp3) is 0.0625. The van der Waals surface area contributed by atoms with Gasteiger partial charge in [0.15, 0.2) is 0 Å². The quantitative estimate of drug-likeness (QED) is 0.689. The Morgan fingerprint density at radius 2 is 1.59 bits per heavy atom. The third-order valence-electron chi connectivity index (χ3n) is 2.92. The summed E-state index contributed by atoms with van der Waals surface area (Å²) in [7, 11) is 0. The maximum Gasteiger partial charge on any atom is 0.0706 e. The minimum absolute atomic E-state index is 0.954. The summed E-state index contributed by atoms with van der Waals surface area (Å²) in [6.45, 7) is 0. The number of allylic oxidation sites excluding steroid dienone is 2. The van der Waals surface area contributed by atoms with E-state index in [1.54, 1.807) is 0 Å². The lowest BCUT2D eigenvalue weighted by Crippen LogP contribution is -1.94. The maximum atomic E-state index is 4.74. The molecule has 0 radical (unpaired) electrons. The topological polar surface area (TPSA) is 12.4 Å². The van der Waals surface area contributed by atoms with Crippen LogP contribution in [-0.4, -0.2) is 5.71 Å². The van der Waals surface area contributed by atoms with E-state index in [1.807, 2.05) is 24.3 Å². The molecule has 1 aliphatic rings. The van der Waals surface area contributed by atoms with Gasteiger partial charge < -0.3 is 0 Å². The Hall–Kier alpha value is -2.15. The molecule has 0 amide bonds. The van der Waals surface area contributed by atoms with Gasteiger partial charge in [-0.25, -0.2) is 4.99 Å². The molecule has 0 saturated carbocycles. The van der Waals surface area contributed by atoms with Crippen molar-refractivity contribution in [3.63, 3.8) is 0 Å². The summed E-state index contributed by atoms with van der Waals surface area (Å²) in [4.78, 5) is 4.74. The molecule has 0 unspecified atom stereocenters. The zero-order valence-corrected chi connectivity index (χ0v) is 9.51. The van der Waals surface area contributed by atoms with Crippen molar-refractivity contribution in [1.82, 2.24) is 0 Å². The minimum Gasteiger partial charge on any atom is -0.248 e. The van der Waals surface area contributed by atoms with Crippen LogP contribution in [0, 0.1) is 0 Å². The summed E-state index contributed by atoms with van der Waals surface area (Å²) in [6, 6.07) is 18.6.